The largest absolute Gasteiger partial charge is 0.371 e. The maximum atomic E-state index is 12.4. The van der Waals surface area contributed by atoms with Gasteiger partial charge in [-0.05, 0) is 35.7 Å². The molecule has 1 heterocycles. The molecule has 1 unspecified atom stereocenters. The van der Waals surface area contributed by atoms with Crippen LogP contribution < -0.4 is 5.32 Å². The summed E-state index contributed by atoms with van der Waals surface area (Å²) in [6, 6.07) is 16.1. The summed E-state index contributed by atoms with van der Waals surface area (Å²) in [6.07, 6.45) is 0.904. The van der Waals surface area contributed by atoms with E-state index in [0.717, 1.165) is 40.8 Å². The number of anilines is 1. The van der Waals surface area contributed by atoms with Crippen molar-refractivity contribution in [3.8, 4) is 0 Å². The van der Waals surface area contributed by atoms with Gasteiger partial charge in [0.15, 0.2) is 0 Å². The summed E-state index contributed by atoms with van der Waals surface area (Å²) >= 11 is 3.50. The predicted molar refractivity (Wildman–Crippen MR) is 104 cm³/mol. The summed E-state index contributed by atoms with van der Waals surface area (Å²) in [5.74, 6) is 0.0239. The van der Waals surface area contributed by atoms with Gasteiger partial charge in [0.25, 0.3) is 0 Å². The summed E-state index contributed by atoms with van der Waals surface area (Å²) in [6.45, 7) is 4.60. The molecular formula is C20H23BrN2O2. The van der Waals surface area contributed by atoms with Crippen molar-refractivity contribution in [2.75, 3.05) is 31.6 Å². The van der Waals surface area contributed by atoms with E-state index < -0.39 is 0 Å². The molecule has 1 atom stereocenters. The molecule has 1 amide bonds. The van der Waals surface area contributed by atoms with Crippen molar-refractivity contribution < 1.29 is 9.53 Å². The van der Waals surface area contributed by atoms with Crippen LogP contribution in [0.3, 0.4) is 0 Å². The van der Waals surface area contributed by atoms with E-state index in [9.17, 15) is 4.79 Å². The topological polar surface area (TPSA) is 41.6 Å². The molecule has 0 bridgehead atoms. The van der Waals surface area contributed by atoms with E-state index in [0.29, 0.717) is 13.2 Å². The van der Waals surface area contributed by atoms with Gasteiger partial charge >= 0.3 is 0 Å². The van der Waals surface area contributed by atoms with Crippen LogP contribution >= 0.6 is 15.9 Å². The fourth-order valence-electron chi connectivity index (χ4n) is 3.10. The minimum Gasteiger partial charge on any atom is -0.371 e. The molecule has 1 saturated heterocycles. The van der Waals surface area contributed by atoms with Crippen molar-refractivity contribution in [1.29, 1.82) is 0 Å². The zero-order valence-corrected chi connectivity index (χ0v) is 16.0. The number of carbonyl (C=O) groups excluding carboxylic acids is 1. The lowest BCUT2D eigenvalue weighted by atomic mass is 10.1. The lowest BCUT2D eigenvalue weighted by Crippen LogP contribution is -2.42. The monoisotopic (exact) mass is 402 g/mol. The fraction of sp³-hybridized carbons (Fsp3) is 0.350. The van der Waals surface area contributed by atoms with Crippen molar-refractivity contribution in [1.82, 2.24) is 4.90 Å². The summed E-state index contributed by atoms with van der Waals surface area (Å²) in [7, 11) is 0. The van der Waals surface area contributed by atoms with Crippen LogP contribution in [-0.4, -0.2) is 37.0 Å². The molecule has 1 aliphatic rings. The third-order valence-electron chi connectivity index (χ3n) is 4.41. The Labute approximate surface area is 157 Å². The van der Waals surface area contributed by atoms with Crippen molar-refractivity contribution in [2.24, 2.45) is 0 Å². The van der Waals surface area contributed by atoms with Gasteiger partial charge < -0.3 is 10.1 Å². The van der Waals surface area contributed by atoms with Gasteiger partial charge in [-0.2, -0.15) is 0 Å². The van der Waals surface area contributed by atoms with Crippen LogP contribution in [0, 0.1) is 0 Å². The number of aryl methyl sites for hydroxylation is 1. The highest BCUT2D eigenvalue weighted by atomic mass is 79.9. The van der Waals surface area contributed by atoms with Crippen LogP contribution in [0.5, 0.6) is 0 Å². The lowest BCUT2D eigenvalue weighted by molar-refractivity contribution is -0.119. The van der Waals surface area contributed by atoms with Crippen LogP contribution in [0.15, 0.2) is 53.0 Å². The number of para-hydroxylation sites is 1. The number of carbonyl (C=O) groups is 1. The molecule has 132 valence electrons. The normalized spacial score (nSPS) is 18.1. The zero-order chi connectivity index (χ0) is 17.6. The molecule has 0 saturated carbocycles. The molecule has 2 aromatic carbocycles. The fourth-order valence-corrected chi connectivity index (χ4v) is 3.51. The predicted octanol–water partition coefficient (Wildman–Crippen LogP) is 4.02. The van der Waals surface area contributed by atoms with Crippen LogP contribution in [0.25, 0.3) is 0 Å². The number of ether oxygens (including phenoxy) is 1. The molecule has 1 fully saturated rings. The standard InChI is InChI=1S/C20H23BrN2O2/c1-2-15-6-3-4-9-18(15)22-20(24)14-23-10-11-25-19(13-23)16-7-5-8-17(21)12-16/h3-9,12,19H,2,10-11,13-14H2,1H3,(H,22,24). The van der Waals surface area contributed by atoms with Gasteiger partial charge in [-0.25, -0.2) is 0 Å². The number of nitrogens with one attached hydrogen (secondary N) is 1. The number of rotatable bonds is 5. The third-order valence-corrected chi connectivity index (χ3v) is 4.90. The Morgan fingerprint density at radius 3 is 2.92 bits per heavy atom. The molecular weight excluding hydrogens is 380 g/mol. The number of amides is 1. The van der Waals surface area contributed by atoms with E-state index in [1.165, 1.54) is 0 Å². The second-order valence-electron chi connectivity index (χ2n) is 6.21. The number of nitrogens with zero attached hydrogens (tertiary/aromatic N) is 1. The maximum absolute atomic E-state index is 12.4. The van der Waals surface area contributed by atoms with Gasteiger partial charge in [-0.15, -0.1) is 0 Å². The minimum atomic E-state index is 0.00183. The van der Waals surface area contributed by atoms with Gasteiger partial charge in [0, 0.05) is 23.2 Å². The summed E-state index contributed by atoms with van der Waals surface area (Å²) < 4.78 is 6.93. The van der Waals surface area contributed by atoms with Crippen molar-refractivity contribution >= 4 is 27.5 Å². The Hall–Kier alpha value is -1.69. The molecule has 0 aliphatic carbocycles. The van der Waals surface area contributed by atoms with E-state index in [-0.39, 0.29) is 12.0 Å². The molecule has 3 rings (SSSR count). The molecule has 1 N–H and O–H groups in total. The van der Waals surface area contributed by atoms with E-state index in [2.05, 4.69) is 45.2 Å². The molecule has 25 heavy (non-hydrogen) atoms. The molecule has 5 heteroatoms. The average molecular weight is 403 g/mol. The van der Waals surface area contributed by atoms with Crippen LogP contribution in [-0.2, 0) is 16.0 Å². The van der Waals surface area contributed by atoms with Crippen molar-refractivity contribution in [2.45, 2.75) is 19.4 Å². The first kappa shape index (κ1) is 18.1. The highest BCUT2D eigenvalue weighted by Gasteiger charge is 2.23. The van der Waals surface area contributed by atoms with Gasteiger partial charge in [-0.1, -0.05) is 53.2 Å². The molecule has 0 spiro atoms. The zero-order valence-electron chi connectivity index (χ0n) is 14.4. The molecule has 1 aliphatic heterocycles. The van der Waals surface area contributed by atoms with E-state index in [1.807, 2.05) is 36.4 Å². The Morgan fingerprint density at radius 2 is 2.12 bits per heavy atom. The van der Waals surface area contributed by atoms with Gasteiger partial charge in [0.05, 0.1) is 19.3 Å². The molecule has 0 radical (unpaired) electrons. The first-order valence-corrected chi connectivity index (χ1v) is 9.42. The highest BCUT2D eigenvalue weighted by molar-refractivity contribution is 9.10. The van der Waals surface area contributed by atoms with Crippen molar-refractivity contribution in [3.63, 3.8) is 0 Å². The summed E-state index contributed by atoms with van der Waals surface area (Å²) in [4.78, 5) is 14.6. The first-order valence-electron chi connectivity index (χ1n) is 8.63. The Balaban J connectivity index is 1.59. The third kappa shape index (κ3) is 4.91. The summed E-state index contributed by atoms with van der Waals surface area (Å²) in [5, 5.41) is 3.04. The Kier molecular flexibility index (Phi) is 6.24. The van der Waals surface area contributed by atoms with Gasteiger partial charge in [0.1, 0.15) is 0 Å². The van der Waals surface area contributed by atoms with Crippen molar-refractivity contribution in [3.05, 3.63) is 64.1 Å². The van der Waals surface area contributed by atoms with E-state index >= 15 is 0 Å². The highest BCUT2D eigenvalue weighted by Crippen LogP contribution is 2.24. The maximum Gasteiger partial charge on any atom is 0.238 e. The number of benzene rings is 2. The van der Waals surface area contributed by atoms with Crippen LogP contribution in [0.1, 0.15) is 24.2 Å². The van der Waals surface area contributed by atoms with E-state index in [1.54, 1.807) is 0 Å². The Morgan fingerprint density at radius 1 is 1.28 bits per heavy atom. The smallest absolute Gasteiger partial charge is 0.238 e. The first-order chi connectivity index (χ1) is 12.2. The summed E-state index contributed by atoms with van der Waals surface area (Å²) in [5.41, 5.74) is 3.20. The minimum absolute atomic E-state index is 0.00183. The second kappa shape index (κ2) is 8.61. The second-order valence-corrected chi connectivity index (χ2v) is 7.12. The number of halogens is 1. The molecule has 2 aromatic rings. The number of morpholine rings is 1. The van der Waals surface area contributed by atoms with Crippen LogP contribution in [0.2, 0.25) is 0 Å². The quantitative estimate of drug-likeness (QED) is 0.820. The van der Waals surface area contributed by atoms with Gasteiger partial charge in [0.2, 0.25) is 5.91 Å². The molecule has 4 nitrogen and oxygen atoms in total. The average Bonchev–Trinajstić information content (AvgIpc) is 2.62. The molecule has 0 aromatic heterocycles. The lowest BCUT2D eigenvalue weighted by Gasteiger charge is -2.32. The van der Waals surface area contributed by atoms with Crippen LogP contribution in [0.4, 0.5) is 5.69 Å². The Bertz CT molecular complexity index is 735. The van der Waals surface area contributed by atoms with E-state index in [4.69, 9.17) is 4.74 Å². The number of hydrogen-bond donors (Lipinski definition) is 1. The SMILES string of the molecule is CCc1ccccc1NC(=O)CN1CCOC(c2cccc(Br)c2)C1. The number of hydrogen-bond acceptors (Lipinski definition) is 3. The van der Waals surface area contributed by atoms with Gasteiger partial charge in [-0.3, -0.25) is 9.69 Å².